The molecule has 0 unspecified atom stereocenters. The van der Waals surface area contributed by atoms with Crippen LogP contribution in [0.1, 0.15) is 93.9 Å². The van der Waals surface area contributed by atoms with Gasteiger partial charge in [-0.2, -0.15) is 0 Å². The molecule has 0 aliphatic rings. The van der Waals surface area contributed by atoms with E-state index in [-0.39, 0.29) is 29.7 Å². The summed E-state index contributed by atoms with van der Waals surface area (Å²) in [7, 11) is 0. The van der Waals surface area contributed by atoms with Gasteiger partial charge < -0.3 is 21.3 Å². The lowest BCUT2D eigenvalue weighted by atomic mass is 9.96. The molecule has 0 heterocycles. The highest BCUT2D eigenvalue weighted by Gasteiger charge is 2.26. The number of hydrogen-bond acceptors (Lipinski definition) is 5. The zero-order valence-electron chi connectivity index (χ0n) is 20.9. The zero-order chi connectivity index (χ0) is 23.1. The molecule has 0 saturated heterocycles. The Kier molecular flexibility index (Phi) is 16.1. The molecule has 0 radical (unpaired) electrons. The molecule has 0 aromatic rings. The fourth-order valence-corrected chi connectivity index (χ4v) is 3.38. The van der Waals surface area contributed by atoms with Crippen LogP contribution in [-0.4, -0.2) is 55.0 Å². The zero-order valence-corrected chi connectivity index (χ0v) is 20.9. The maximum Gasteiger partial charge on any atom is 0.237 e. The number of Topliss-reactive ketones (excluding diaryl/α,β-unsaturated/α-hetero) is 1. The second-order valence-electron chi connectivity index (χ2n) is 9.70. The highest BCUT2D eigenvalue weighted by molar-refractivity contribution is 5.91. The maximum atomic E-state index is 13.0. The molecule has 0 bridgehead atoms. The summed E-state index contributed by atoms with van der Waals surface area (Å²) in [6.07, 6.45) is 5.43. The Labute approximate surface area is 186 Å². The Morgan fingerprint density at radius 3 is 1.50 bits per heavy atom. The van der Waals surface area contributed by atoms with Crippen LogP contribution in [-0.2, 0) is 9.59 Å². The van der Waals surface area contributed by atoms with Crippen molar-refractivity contribution >= 4 is 11.7 Å². The predicted molar refractivity (Wildman–Crippen MR) is 128 cm³/mol. The van der Waals surface area contributed by atoms with Gasteiger partial charge in [-0.05, 0) is 45.2 Å². The quantitative estimate of drug-likeness (QED) is 0.253. The highest BCUT2D eigenvalue weighted by Crippen LogP contribution is 2.10. The smallest absolute Gasteiger partial charge is 0.237 e. The molecule has 0 aromatic carbocycles. The largest absolute Gasteiger partial charge is 0.345 e. The van der Waals surface area contributed by atoms with Crippen LogP contribution < -0.4 is 21.3 Å². The molecule has 178 valence electrons. The van der Waals surface area contributed by atoms with Crippen LogP contribution >= 0.6 is 0 Å². The molecule has 0 rings (SSSR count). The van der Waals surface area contributed by atoms with E-state index < -0.39 is 6.04 Å². The number of unbranched alkanes of at least 4 members (excludes halogenated alkanes) is 2. The molecular weight excluding hydrogens is 376 g/mol. The van der Waals surface area contributed by atoms with Gasteiger partial charge in [0.2, 0.25) is 5.91 Å². The van der Waals surface area contributed by atoms with Crippen molar-refractivity contribution in [3.05, 3.63) is 0 Å². The Morgan fingerprint density at radius 1 is 0.633 bits per heavy atom. The SMILES string of the molecule is CC(C)NCCCC[C@H](NC(C)C)C(=O)N[C@H](CCCCNC(C)C)C(=O)C(C)C. The van der Waals surface area contributed by atoms with E-state index in [1.54, 1.807) is 0 Å². The number of ketones is 1. The third-order valence-corrected chi connectivity index (χ3v) is 5.02. The Balaban J connectivity index is 4.76. The van der Waals surface area contributed by atoms with Gasteiger partial charge in [-0.15, -0.1) is 0 Å². The summed E-state index contributed by atoms with van der Waals surface area (Å²) in [6, 6.07) is 0.522. The molecule has 0 spiro atoms. The second-order valence-corrected chi connectivity index (χ2v) is 9.70. The van der Waals surface area contributed by atoms with Crippen LogP contribution in [0.3, 0.4) is 0 Å². The standard InChI is InChI=1S/C24H50N4O2/c1-17(2)23(29)21(13-9-11-15-25-18(3)4)28-24(30)22(27-20(7)8)14-10-12-16-26-19(5)6/h17-22,25-27H,9-16H2,1-8H3,(H,28,30)/t21-,22+/m1/s1. The van der Waals surface area contributed by atoms with Crippen molar-refractivity contribution in [1.29, 1.82) is 0 Å². The molecule has 0 saturated carbocycles. The van der Waals surface area contributed by atoms with Crippen LogP contribution in [0.5, 0.6) is 0 Å². The molecule has 1 amide bonds. The predicted octanol–water partition coefficient (Wildman–Crippen LogP) is 3.40. The average Bonchev–Trinajstić information content (AvgIpc) is 2.63. The monoisotopic (exact) mass is 426 g/mol. The molecule has 0 aromatic heterocycles. The molecule has 0 aliphatic carbocycles. The average molecular weight is 427 g/mol. The first-order valence-electron chi connectivity index (χ1n) is 12.1. The lowest BCUT2D eigenvalue weighted by Gasteiger charge is -2.25. The normalized spacial score (nSPS) is 14.0. The minimum absolute atomic E-state index is 0.0418. The van der Waals surface area contributed by atoms with E-state index >= 15 is 0 Å². The molecule has 30 heavy (non-hydrogen) atoms. The van der Waals surface area contributed by atoms with Crippen LogP contribution in [0.15, 0.2) is 0 Å². The molecule has 0 fully saturated rings. The Hall–Kier alpha value is -0.980. The number of carbonyl (C=O) groups is 2. The minimum atomic E-state index is -0.393. The first-order valence-corrected chi connectivity index (χ1v) is 12.1. The third kappa shape index (κ3) is 14.9. The highest BCUT2D eigenvalue weighted by atomic mass is 16.2. The first kappa shape index (κ1) is 29.0. The molecule has 4 N–H and O–H groups in total. The van der Waals surface area contributed by atoms with Gasteiger partial charge in [0.15, 0.2) is 5.78 Å². The third-order valence-electron chi connectivity index (χ3n) is 5.02. The number of rotatable bonds is 18. The molecule has 2 atom stereocenters. The fraction of sp³-hybridized carbons (Fsp3) is 0.917. The number of hydrogen-bond donors (Lipinski definition) is 4. The van der Waals surface area contributed by atoms with Crippen molar-refractivity contribution in [2.24, 2.45) is 5.92 Å². The van der Waals surface area contributed by atoms with Gasteiger partial charge in [-0.1, -0.05) is 61.8 Å². The number of carbonyl (C=O) groups excluding carboxylic acids is 2. The van der Waals surface area contributed by atoms with Crippen molar-refractivity contribution in [1.82, 2.24) is 21.3 Å². The fourth-order valence-electron chi connectivity index (χ4n) is 3.38. The number of nitrogens with one attached hydrogen (secondary N) is 4. The van der Waals surface area contributed by atoms with Crippen molar-refractivity contribution in [2.75, 3.05) is 13.1 Å². The Bertz CT molecular complexity index is 464. The van der Waals surface area contributed by atoms with E-state index in [1.165, 1.54) is 0 Å². The molecule has 6 nitrogen and oxygen atoms in total. The summed E-state index contributed by atoms with van der Waals surface area (Å²) >= 11 is 0. The van der Waals surface area contributed by atoms with Crippen LogP contribution in [0.2, 0.25) is 0 Å². The van der Waals surface area contributed by atoms with Crippen molar-refractivity contribution in [3.63, 3.8) is 0 Å². The minimum Gasteiger partial charge on any atom is -0.345 e. The van der Waals surface area contributed by atoms with Crippen molar-refractivity contribution in [3.8, 4) is 0 Å². The summed E-state index contributed by atoms with van der Waals surface area (Å²) in [5.41, 5.74) is 0. The van der Waals surface area contributed by atoms with E-state index in [9.17, 15) is 9.59 Å². The van der Waals surface area contributed by atoms with Gasteiger partial charge in [-0.25, -0.2) is 0 Å². The van der Waals surface area contributed by atoms with Gasteiger partial charge >= 0.3 is 0 Å². The van der Waals surface area contributed by atoms with Gasteiger partial charge in [0.05, 0.1) is 12.1 Å². The number of amides is 1. The van der Waals surface area contributed by atoms with E-state index in [0.717, 1.165) is 45.2 Å². The van der Waals surface area contributed by atoms with Gasteiger partial charge in [0.1, 0.15) is 0 Å². The van der Waals surface area contributed by atoms with Crippen LogP contribution in [0.25, 0.3) is 0 Å². The summed E-state index contributed by atoms with van der Waals surface area (Å²) in [5.74, 6) is 0.00660. The summed E-state index contributed by atoms with van der Waals surface area (Å²) in [6.45, 7) is 18.4. The lowest BCUT2D eigenvalue weighted by molar-refractivity contribution is -0.130. The Morgan fingerprint density at radius 2 is 1.10 bits per heavy atom. The van der Waals surface area contributed by atoms with Crippen LogP contribution in [0, 0.1) is 5.92 Å². The van der Waals surface area contributed by atoms with E-state index in [0.29, 0.717) is 18.5 Å². The molecular formula is C24H50N4O2. The van der Waals surface area contributed by atoms with Gasteiger partial charge in [0.25, 0.3) is 0 Å². The maximum absolute atomic E-state index is 13.0. The van der Waals surface area contributed by atoms with Gasteiger partial charge in [0, 0.05) is 24.0 Å². The summed E-state index contributed by atoms with van der Waals surface area (Å²) < 4.78 is 0. The van der Waals surface area contributed by atoms with E-state index in [1.807, 2.05) is 13.8 Å². The lowest BCUT2D eigenvalue weighted by Crippen LogP contribution is -2.52. The first-order chi connectivity index (χ1) is 14.0. The molecule has 0 aliphatic heterocycles. The van der Waals surface area contributed by atoms with Crippen molar-refractivity contribution in [2.45, 2.75) is 124 Å². The van der Waals surface area contributed by atoms with E-state index in [4.69, 9.17) is 0 Å². The summed E-state index contributed by atoms with van der Waals surface area (Å²) in [5, 5.41) is 13.3. The topological polar surface area (TPSA) is 82.3 Å². The van der Waals surface area contributed by atoms with Crippen molar-refractivity contribution < 1.29 is 9.59 Å². The molecule has 6 heteroatoms. The second kappa shape index (κ2) is 16.7. The van der Waals surface area contributed by atoms with E-state index in [2.05, 4.69) is 62.8 Å². The van der Waals surface area contributed by atoms with Gasteiger partial charge in [-0.3, -0.25) is 9.59 Å². The summed E-state index contributed by atoms with van der Waals surface area (Å²) in [4.78, 5) is 25.7. The van der Waals surface area contributed by atoms with Crippen LogP contribution in [0.4, 0.5) is 0 Å².